The second-order valence-electron chi connectivity index (χ2n) is 5.43. The van der Waals surface area contributed by atoms with Crippen LogP contribution in [0.3, 0.4) is 0 Å². The highest BCUT2D eigenvalue weighted by atomic mass is 14.9. The molecular weight excluding hydrogens is 182 g/mol. The maximum atomic E-state index is 3.73. The fourth-order valence-electron chi connectivity index (χ4n) is 2.39. The lowest BCUT2D eigenvalue weighted by Crippen LogP contribution is -2.34. The molecule has 0 heterocycles. The van der Waals surface area contributed by atoms with E-state index in [0.717, 1.165) is 17.9 Å². The summed E-state index contributed by atoms with van der Waals surface area (Å²) in [6.45, 7) is 8.16. The molecule has 1 aliphatic carbocycles. The summed E-state index contributed by atoms with van der Waals surface area (Å²) < 4.78 is 0. The highest BCUT2D eigenvalue weighted by Crippen LogP contribution is 2.31. The van der Waals surface area contributed by atoms with Gasteiger partial charge in [0.25, 0.3) is 0 Å². The van der Waals surface area contributed by atoms with Gasteiger partial charge in [-0.3, -0.25) is 0 Å². The van der Waals surface area contributed by atoms with Crippen molar-refractivity contribution >= 4 is 0 Å². The van der Waals surface area contributed by atoms with Gasteiger partial charge in [0.1, 0.15) is 0 Å². The summed E-state index contributed by atoms with van der Waals surface area (Å²) in [5, 5.41) is 3.73. The van der Waals surface area contributed by atoms with E-state index < -0.39 is 0 Å². The van der Waals surface area contributed by atoms with E-state index in [9.17, 15) is 0 Å². The molecular formula is C14H29N. The molecule has 15 heavy (non-hydrogen) atoms. The van der Waals surface area contributed by atoms with Gasteiger partial charge in [0.15, 0.2) is 0 Å². The first-order valence-electron chi connectivity index (χ1n) is 6.99. The van der Waals surface area contributed by atoms with Gasteiger partial charge in [-0.25, -0.2) is 0 Å². The van der Waals surface area contributed by atoms with Crippen molar-refractivity contribution in [2.75, 3.05) is 6.54 Å². The zero-order valence-electron chi connectivity index (χ0n) is 10.9. The lowest BCUT2D eigenvalue weighted by atomic mass is 9.79. The number of hydrogen-bond acceptors (Lipinski definition) is 1. The summed E-state index contributed by atoms with van der Waals surface area (Å²) in [5.41, 5.74) is 0. The van der Waals surface area contributed by atoms with Gasteiger partial charge in [-0.05, 0) is 37.6 Å². The summed E-state index contributed by atoms with van der Waals surface area (Å²) in [6, 6.07) is 0.796. The van der Waals surface area contributed by atoms with Gasteiger partial charge < -0.3 is 5.32 Å². The first-order chi connectivity index (χ1) is 7.26. The summed E-state index contributed by atoms with van der Waals surface area (Å²) in [7, 11) is 0. The van der Waals surface area contributed by atoms with E-state index in [0.29, 0.717) is 0 Å². The van der Waals surface area contributed by atoms with E-state index in [-0.39, 0.29) is 0 Å². The molecule has 1 nitrogen and oxygen atoms in total. The topological polar surface area (TPSA) is 12.0 Å². The summed E-state index contributed by atoms with van der Waals surface area (Å²) in [6.07, 6.45) is 9.87. The Hall–Kier alpha value is -0.0400. The molecule has 0 radical (unpaired) electrons. The summed E-state index contributed by atoms with van der Waals surface area (Å²) >= 11 is 0. The predicted molar refractivity (Wildman–Crippen MR) is 68.1 cm³/mol. The van der Waals surface area contributed by atoms with E-state index >= 15 is 0 Å². The number of rotatable bonds is 8. The Balaban J connectivity index is 2.23. The van der Waals surface area contributed by atoms with E-state index in [1.807, 2.05) is 0 Å². The van der Waals surface area contributed by atoms with Crippen LogP contribution in [-0.2, 0) is 0 Å². The van der Waals surface area contributed by atoms with Gasteiger partial charge >= 0.3 is 0 Å². The molecule has 90 valence electrons. The molecule has 1 saturated carbocycles. The third-order valence-electron chi connectivity index (χ3n) is 3.91. The number of nitrogens with one attached hydrogen (secondary N) is 1. The molecule has 1 N–H and O–H groups in total. The minimum absolute atomic E-state index is 0.796. The predicted octanol–water partition coefficient (Wildman–Crippen LogP) is 3.98. The van der Waals surface area contributed by atoms with Crippen molar-refractivity contribution in [3.05, 3.63) is 0 Å². The SMILES string of the molecule is CCCNC(CC(C)CC)CC1CCC1. The van der Waals surface area contributed by atoms with Crippen LogP contribution in [0, 0.1) is 11.8 Å². The molecule has 0 aromatic carbocycles. The molecule has 0 aromatic heterocycles. The highest BCUT2D eigenvalue weighted by Gasteiger charge is 2.22. The van der Waals surface area contributed by atoms with Crippen LogP contribution in [0.25, 0.3) is 0 Å². The average molecular weight is 211 g/mol. The Morgan fingerprint density at radius 2 is 2.00 bits per heavy atom. The Morgan fingerprint density at radius 3 is 2.47 bits per heavy atom. The fourth-order valence-corrected chi connectivity index (χ4v) is 2.39. The molecule has 1 fully saturated rings. The van der Waals surface area contributed by atoms with Crippen molar-refractivity contribution in [2.45, 2.75) is 71.8 Å². The van der Waals surface area contributed by atoms with Crippen LogP contribution in [0.15, 0.2) is 0 Å². The average Bonchev–Trinajstić information content (AvgIpc) is 2.19. The maximum Gasteiger partial charge on any atom is 0.00722 e. The van der Waals surface area contributed by atoms with Crippen LogP contribution < -0.4 is 5.32 Å². The van der Waals surface area contributed by atoms with E-state index in [4.69, 9.17) is 0 Å². The Morgan fingerprint density at radius 1 is 1.27 bits per heavy atom. The Bertz CT molecular complexity index is 145. The zero-order chi connectivity index (χ0) is 11.1. The van der Waals surface area contributed by atoms with Crippen molar-refractivity contribution in [3.8, 4) is 0 Å². The quantitative estimate of drug-likeness (QED) is 0.640. The van der Waals surface area contributed by atoms with Crippen molar-refractivity contribution in [3.63, 3.8) is 0 Å². The van der Waals surface area contributed by atoms with Crippen molar-refractivity contribution in [1.29, 1.82) is 0 Å². The van der Waals surface area contributed by atoms with Gasteiger partial charge in [-0.15, -0.1) is 0 Å². The minimum Gasteiger partial charge on any atom is -0.314 e. The Labute approximate surface area is 96.0 Å². The molecule has 0 amide bonds. The van der Waals surface area contributed by atoms with Gasteiger partial charge in [-0.2, -0.15) is 0 Å². The molecule has 0 saturated heterocycles. The number of hydrogen-bond donors (Lipinski definition) is 1. The van der Waals surface area contributed by atoms with Crippen LogP contribution in [0.4, 0.5) is 0 Å². The molecule has 0 aliphatic heterocycles. The molecule has 0 aromatic rings. The van der Waals surface area contributed by atoms with Crippen molar-refractivity contribution < 1.29 is 0 Å². The van der Waals surface area contributed by atoms with Crippen LogP contribution in [0.2, 0.25) is 0 Å². The molecule has 1 rings (SSSR count). The standard InChI is InChI=1S/C14H29N/c1-4-9-15-14(10-12(3)5-2)11-13-7-6-8-13/h12-15H,4-11H2,1-3H3. The van der Waals surface area contributed by atoms with Crippen molar-refractivity contribution in [1.82, 2.24) is 5.32 Å². The monoisotopic (exact) mass is 211 g/mol. The summed E-state index contributed by atoms with van der Waals surface area (Å²) in [5.74, 6) is 1.93. The lowest BCUT2D eigenvalue weighted by Gasteiger charge is -2.31. The molecule has 1 heteroatoms. The van der Waals surface area contributed by atoms with Gasteiger partial charge in [0, 0.05) is 6.04 Å². The second-order valence-corrected chi connectivity index (χ2v) is 5.43. The molecule has 2 unspecified atom stereocenters. The first-order valence-corrected chi connectivity index (χ1v) is 6.99. The fraction of sp³-hybridized carbons (Fsp3) is 1.00. The summed E-state index contributed by atoms with van der Waals surface area (Å²) in [4.78, 5) is 0. The lowest BCUT2D eigenvalue weighted by molar-refractivity contribution is 0.241. The van der Waals surface area contributed by atoms with Crippen LogP contribution in [-0.4, -0.2) is 12.6 Å². The Kier molecular flexibility index (Phi) is 6.31. The maximum absolute atomic E-state index is 3.73. The molecule has 1 aliphatic rings. The molecule has 0 bridgehead atoms. The largest absolute Gasteiger partial charge is 0.314 e. The van der Waals surface area contributed by atoms with Crippen LogP contribution in [0.1, 0.15) is 65.7 Å². The van der Waals surface area contributed by atoms with Crippen LogP contribution >= 0.6 is 0 Å². The normalized spacial score (nSPS) is 21.0. The molecule has 2 atom stereocenters. The smallest absolute Gasteiger partial charge is 0.00722 e. The molecule has 0 spiro atoms. The third kappa shape index (κ3) is 5.01. The minimum atomic E-state index is 0.796. The van der Waals surface area contributed by atoms with Crippen molar-refractivity contribution in [2.24, 2.45) is 11.8 Å². The van der Waals surface area contributed by atoms with Gasteiger partial charge in [0.05, 0.1) is 0 Å². The first kappa shape index (κ1) is 13.0. The third-order valence-corrected chi connectivity index (χ3v) is 3.91. The van der Waals surface area contributed by atoms with E-state index in [1.54, 1.807) is 0 Å². The van der Waals surface area contributed by atoms with Gasteiger partial charge in [-0.1, -0.05) is 46.5 Å². The zero-order valence-corrected chi connectivity index (χ0v) is 10.9. The highest BCUT2D eigenvalue weighted by molar-refractivity contribution is 4.78. The van der Waals surface area contributed by atoms with Gasteiger partial charge in [0.2, 0.25) is 0 Å². The van der Waals surface area contributed by atoms with E-state index in [2.05, 4.69) is 26.1 Å². The van der Waals surface area contributed by atoms with Crippen LogP contribution in [0.5, 0.6) is 0 Å². The second kappa shape index (κ2) is 7.27. The van der Waals surface area contributed by atoms with E-state index in [1.165, 1.54) is 51.5 Å².